The molecule has 1 saturated heterocycles. The molecule has 1 aliphatic rings. The standard InChI is InChI=1S/C8H8Br2N2/c9-5-3-6(10)8(12-4-5)7-1-2-11-7/h3-4,7,11H,1-2H2. The number of pyridine rings is 1. The van der Waals surface area contributed by atoms with Crippen LogP contribution in [0.3, 0.4) is 0 Å². The smallest absolute Gasteiger partial charge is 0.0716 e. The second-order valence-corrected chi connectivity index (χ2v) is 4.59. The number of hydrogen-bond acceptors (Lipinski definition) is 2. The van der Waals surface area contributed by atoms with Gasteiger partial charge in [0.05, 0.1) is 11.7 Å². The lowest BCUT2D eigenvalue weighted by Crippen LogP contribution is -2.35. The maximum Gasteiger partial charge on any atom is 0.0716 e. The molecule has 1 aromatic heterocycles. The molecule has 12 heavy (non-hydrogen) atoms. The van der Waals surface area contributed by atoms with Gasteiger partial charge in [-0.3, -0.25) is 4.98 Å². The van der Waals surface area contributed by atoms with Crippen LogP contribution in [-0.4, -0.2) is 11.5 Å². The fourth-order valence-corrected chi connectivity index (χ4v) is 2.47. The molecule has 0 radical (unpaired) electrons. The van der Waals surface area contributed by atoms with E-state index in [2.05, 4.69) is 42.2 Å². The Morgan fingerprint density at radius 2 is 2.25 bits per heavy atom. The van der Waals surface area contributed by atoms with E-state index in [4.69, 9.17) is 0 Å². The molecule has 1 aliphatic heterocycles. The van der Waals surface area contributed by atoms with Crippen LogP contribution in [0, 0.1) is 0 Å². The summed E-state index contributed by atoms with van der Waals surface area (Å²) in [5, 5.41) is 3.31. The van der Waals surface area contributed by atoms with Gasteiger partial charge in [0, 0.05) is 15.1 Å². The molecular weight excluding hydrogens is 284 g/mol. The first kappa shape index (κ1) is 8.66. The van der Waals surface area contributed by atoms with Crippen molar-refractivity contribution in [3.05, 3.63) is 26.9 Å². The third-order valence-corrected chi connectivity index (χ3v) is 3.06. The zero-order chi connectivity index (χ0) is 8.55. The summed E-state index contributed by atoms with van der Waals surface area (Å²) in [6.07, 6.45) is 3.02. The molecule has 0 aromatic carbocycles. The Labute approximate surface area is 88.0 Å². The van der Waals surface area contributed by atoms with Crippen molar-refractivity contribution in [3.8, 4) is 0 Å². The van der Waals surface area contributed by atoms with Crippen LogP contribution in [0.25, 0.3) is 0 Å². The van der Waals surface area contributed by atoms with Crippen LogP contribution in [0.5, 0.6) is 0 Å². The molecule has 1 fully saturated rings. The van der Waals surface area contributed by atoms with Gasteiger partial charge in [0.2, 0.25) is 0 Å². The fraction of sp³-hybridized carbons (Fsp3) is 0.375. The molecular formula is C8H8Br2N2. The topological polar surface area (TPSA) is 24.9 Å². The van der Waals surface area contributed by atoms with Gasteiger partial charge >= 0.3 is 0 Å². The third-order valence-electron chi connectivity index (χ3n) is 1.99. The Bertz CT molecular complexity index is 297. The van der Waals surface area contributed by atoms with E-state index < -0.39 is 0 Å². The summed E-state index contributed by atoms with van der Waals surface area (Å²) in [7, 11) is 0. The van der Waals surface area contributed by atoms with Crippen molar-refractivity contribution in [1.82, 2.24) is 10.3 Å². The van der Waals surface area contributed by atoms with Crippen molar-refractivity contribution in [2.75, 3.05) is 6.54 Å². The van der Waals surface area contributed by atoms with Crippen molar-refractivity contribution in [2.45, 2.75) is 12.5 Å². The molecule has 2 heterocycles. The SMILES string of the molecule is Brc1cnc(C2CCN2)c(Br)c1. The first-order valence-corrected chi connectivity index (χ1v) is 5.40. The van der Waals surface area contributed by atoms with Gasteiger partial charge in [-0.15, -0.1) is 0 Å². The molecule has 0 aliphatic carbocycles. The highest BCUT2D eigenvalue weighted by atomic mass is 79.9. The average Bonchev–Trinajstić information content (AvgIpc) is 1.91. The molecule has 1 N–H and O–H groups in total. The van der Waals surface area contributed by atoms with E-state index in [-0.39, 0.29) is 0 Å². The van der Waals surface area contributed by atoms with Crippen molar-refractivity contribution in [1.29, 1.82) is 0 Å². The first-order valence-electron chi connectivity index (χ1n) is 3.81. The molecule has 4 heteroatoms. The van der Waals surface area contributed by atoms with Gasteiger partial charge in [0.25, 0.3) is 0 Å². The second-order valence-electron chi connectivity index (χ2n) is 2.82. The van der Waals surface area contributed by atoms with E-state index in [1.807, 2.05) is 12.3 Å². The average molecular weight is 292 g/mol. The Balaban J connectivity index is 2.31. The second kappa shape index (κ2) is 3.44. The summed E-state index contributed by atoms with van der Waals surface area (Å²) in [5.41, 5.74) is 1.12. The van der Waals surface area contributed by atoms with Gasteiger partial charge < -0.3 is 5.32 Å². The summed E-state index contributed by atoms with van der Waals surface area (Å²) in [4.78, 5) is 4.34. The van der Waals surface area contributed by atoms with Crippen molar-refractivity contribution >= 4 is 31.9 Å². The monoisotopic (exact) mass is 290 g/mol. The van der Waals surface area contributed by atoms with E-state index >= 15 is 0 Å². The predicted molar refractivity (Wildman–Crippen MR) is 55.0 cm³/mol. The van der Waals surface area contributed by atoms with Crippen LogP contribution in [0.15, 0.2) is 21.2 Å². The van der Waals surface area contributed by atoms with E-state index in [1.54, 1.807) is 0 Å². The first-order chi connectivity index (χ1) is 5.77. The Morgan fingerprint density at radius 3 is 2.75 bits per heavy atom. The van der Waals surface area contributed by atoms with E-state index in [9.17, 15) is 0 Å². The Hall–Kier alpha value is 0.0700. The molecule has 1 unspecified atom stereocenters. The summed E-state index contributed by atoms with van der Waals surface area (Å²) in [5.74, 6) is 0. The minimum absolute atomic E-state index is 0.451. The van der Waals surface area contributed by atoms with Gasteiger partial charge in [-0.05, 0) is 50.9 Å². The minimum Gasteiger partial charge on any atom is -0.308 e. The number of halogens is 2. The minimum atomic E-state index is 0.451. The van der Waals surface area contributed by atoms with Gasteiger partial charge in [0.1, 0.15) is 0 Å². The van der Waals surface area contributed by atoms with Gasteiger partial charge in [-0.25, -0.2) is 0 Å². The summed E-state index contributed by atoms with van der Waals surface area (Å²) in [6.45, 7) is 1.11. The quantitative estimate of drug-likeness (QED) is 0.860. The van der Waals surface area contributed by atoms with Crippen LogP contribution >= 0.6 is 31.9 Å². The molecule has 1 atom stereocenters. The zero-order valence-electron chi connectivity index (χ0n) is 6.35. The normalized spacial score (nSPS) is 22.0. The van der Waals surface area contributed by atoms with Crippen molar-refractivity contribution in [3.63, 3.8) is 0 Å². The van der Waals surface area contributed by atoms with Gasteiger partial charge in [-0.1, -0.05) is 0 Å². The molecule has 2 nitrogen and oxygen atoms in total. The van der Waals surface area contributed by atoms with E-state index in [1.165, 1.54) is 6.42 Å². The van der Waals surface area contributed by atoms with Gasteiger partial charge in [0.15, 0.2) is 0 Å². The van der Waals surface area contributed by atoms with E-state index in [0.29, 0.717) is 6.04 Å². The highest BCUT2D eigenvalue weighted by Crippen LogP contribution is 2.29. The molecule has 0 bridgehead atoms. The molecule has 64 valence electrons. The molecule has 0 saturated carbocycles. The number of aromatic nitrogens is 1. The predicted octanol–water partition coefficient (Wildman–Crippen LogP) is 2.64. The molecule has 2 rings (SSSR count). The maximum atomic E-state index is 4.34. The summed E-state index contributed by atoms with van der Waals surface area (Å²) in [6, 6.07) is 2.48. The lowest BCUT2D eigenvalue weighted by molar-refractivity contribution is 0.374. The van der Waals surface area contributed by atoms with Gasteiger partial charge in [-0.2, -0.15) is 0 Å². The number of hydrogen-bond donors (Lipinski definition) is 1. The van der Waals surface area contributed by atoms with E-state index in [0.717, 1.165) is 21.2 Å². The fourth-order valence-electron chi connectivity index (χ4n) is 1.20. The van der Waals surface area contributed by atoms with Crippen LogP contribution in [0.1, 0.15) is 18.2 Å². The van der Waals surface area contributed by atoms with Crippen molar-refractivity contribution in [2.24, 2.45) is 0 Å². The number of nitrogens with zero attached hydrogens (tertiary/aromatic N) is 1. The Kier molecular flexibility index (Phi) is 2.48. The van der Waals surface area contributed by atoms with Crippen LogP contribution in [0.4, 0.5) is 0 Å². The largest absolute Gasteiger partial charge is 0.308 e. The highest BCUT2D eigenvalue weighted by molar-refractivity contribution is 9.11. The van der Waals surface area contributed by atoms with Crippen molar-refractivity contribution < 1.29 is 0 Å². The molecule has 0 spiro atoms. The lowest BCUT2D eigenvalue weighted by Gasteiger charge is -2.27. The van der Waals surface area contributed by atoms with Crippen LogP contribution in [0.2, 0.25) is 0 Å². The highest BCUT2D eigenvalue weighted by Gasteiger charge is 2.21. The summed E-state index contributed by atoms with van der Waals surface area (Å²) >= 11 is 6.86. The molecule has 1 aromatic rings. The van der Waals surface area contributed by atoms with Crippen LogP contribution < -0.4 is 5.32 Å². The maximum absolute atomic E-state index is 4.34. The third kappa shape index (κ3) is 1.56. The Morgan fingerprint density at radius 1 is 1.50 bits per heavy atom. The van der Waals surface area contributed by atoms with Crippen LogP contribution in [-0.2, 0) is 0 Å². The molecule has 0 amide bonds. The zero-order valence-corrected chi connectivity index (χ0v) is 9.52. The number of nitrogens with one attached hydrogen (secondary N) is 1. The summed E-state index contributed by atoms with van der Waals surface area (Å²) < 4.78 is 2.09. The number of rotatable bonds is 1. The lowest BCUT2D eigenvalue weighted by atomic mass is 10.0.